The molecule has 0 bridgehead atoms. The van der Waals surface area contributed by atoms with E-state index in [1.165, 1.54) is 7.11 Å². The van der Waals surface area contributed by atoms with Gasteiger partial charge in [-0.25, -0.2) is 0 Å². The van der Waals surface area contributed by atoms with Crippen LogP contribution in [0.3, 0.4) is 0 Å². The van der Waals surface area contributed by atoms with Gasteiger partial charge >= 0.3 is 0 Å². The Morgan fingerprint density at radius 1 is 1.18 bits per heavy atom. The molecule has 1 aliphatic rings. The molecule has 1 aliphatic heterocycles. The molecule has 1 N–H and O–H groups in total. The third kappa shape index (κ3) is 1.54. The zero-order valence-corrected chi connectivity index (χ0v) is 6.98. The van der Waals surface area contributed by atoms with Gasteiger partial charge in [-0.3, -0.25) is 0 Å². The normalized spacial score (nSPS) is 44.7. The minimum Gasteiger partial charge on any atom is -0.376 e. The van der Waals surface area contributed by atoms with Crippen molar-refractivity contribution in [2.24, 2.45) is 0 Å². The second kappa shape index (κ2) is 3.49. The van der Waals surface area contributed by atoms with Crippen molar-refractivity contribution in [1.82, 2.24) is 0 Å². The number of aliphatic hydroxyl groups is 1. The van der Waals surface area contributed by atoms with Crippen molar-refractivity contribution in [2.45, 2.75) is 31.5 Å². The van der Waals surface area contributed by atoms with Crippen molar-refractivity contribution >= 4 is 0 Å². The SMILES string of the molecule is CO[C@@H]1C(O)OC(C)[C@@H]1OC. The van der Waals surface area contributed by atoms with Gasteiger partial charge in [0.25, 0.3) is 0 Å². The molecule has 11 heavy (non-hydrogen) atoms. The van der Waals surface area contributed by atoms with Crippen LogP contribution in [-0.2, 0) is 14.2 Å². The molecule has 0 spiro atoms. The van der Waals surface area contributed by atoms with Crippen molar-refractivity contribution in [3.05, 3.63) is 0 Å². The van der Waals surface area contributed by atoms with Gasteiger partial charge in [0.05, 0.1) is 6.10 Å². The van der Waals surface area contributed by atoms with Gasteiger partial charge in [0.1, 0.15) is 12.2 Å². The third-order valence-corrected chi connectivity index (χ3v) is 1.97. The van der Waals surface area contributed by atoms with Crippen LogP contribution in [0.1, 0.15) is 6.92 Å². The van der Waals surface area contributed by atoms with Crippen LogP contribution >= 0.6 is 0 Å². The third-order valence-electron chi connectivity index (χ3n) is 1.97. The van der Waals surface area contributed by atoms with Crippen LogP contribution in [0.15, 0.2) is 0 Å². The quantitative estimate of drug-likeness (QED) is 0.608. The van der Waals surface area contributed by atoms with Gasteiger partial charge in [0.15, 0.2) is 6.29 Å². The Morgan fingerprint density at radius 3 is 2.09 bits per heavy atom. The molecule has 0 aromatic carbocycles. The molecule has 4 heteroatoms. The molecule has 2 unspecified atom stereocenters. The summed E-state index contributed by atoms with van der Waals surface area (Å²) in [5, 5.41) is 9.23. The zero-order chi connectivity index (χ0) is 8.43. The largest absolute Gasteiger partial charge is 0.376 e. The molecule has 4 nitrogen and oxygen atoms in total. The average molecular weight is 162 g/mol. The van der Waals surface area contributed by atoms with E-state index in [1.807, 2.05) is 6.92 Å². The fraction of sp³-hybridized carbons (Fsp3) is 1.00. The van der Waals surface area contributed by atoms with Crippen LogP contribution in [-0.4, -0.2) is 43.9 Å². The van der Waals surface area contributed by atoms with Gasteiger partial charge < -0.3 is 19.3 Å². The maximum atomic E-state index is 9.23. The Balaban J connectivity index is 2.59. The van der Waals surface area contributed by atoms with Crippen LogP contribution in [0, 0.1) is 0 Å². The fourth-order valence-corrected chi connectivity index (χ4v) is 1.38. The highest BCUT2D eigenvalue weighted by atomic mass is 16.7. The lowest BCUT2D eigenvalue weighted by Gasteiger charge is -2.17. The Bertz CT molecular complexity index is 114. The minimum atomic E-state index is -0.861. The van der Waals surface area contributed by atoms with E-state index in [9.17, 15) is 5.11 Å². The van der Waals surface area contributed by atoms with Crippen LogP contribution < -0.4 is 0 Å². The maximum absolute atomic E-state index is 9.23. The Kier molecular flexibility index (Phi) is 2.84. The van der Waals surface area contributed by atoms with Crippen LogP contribution in [0.2, 0.25) is 0 Å². The molecule has 0 saturated carbocycles. The summed E-state index contributed by atoms with van der Waals surface area (Å²) in [6.45, 7) is 1.84. The van der Waals surface area contributed by atoms with E-state index in [0.717, 1.165) is 0 Å². The topological polar surface area (TPSA) is 47.9 Å². The summed E-state index contributed by atoms with van der Waals surface area (Å²) in [4.78, 5) is 0. The van der Waals surface area contributed by atoms with Gasteiger partial charge in [-0.2, -0.15) is 0 Å². The lowest BCUT2D eigenvalue weighted by atomic mass is 10.1. The summed E-state index contributed by atoms with van der Waals surface area (Å²) >= 11 is 0. The summed E-state index contributed by atoms with van der Waals surface area (Å²) in [6, 6.07) is 0. The molecule has 0 aliphatic carbocycles. The highest BCUT2D eigenvalue weighted by Gasteiger charge is 2.41. The Labute approximate surface area is 66.1 Å². The van der Waals surface area contributed by atoms with E-state index in [-0.39, 0.29) is 18.3 Å². The molecule has 66 valence electrons. The predicted molar refractivity (Wildman–Crippen MR) is 38.1 cm³/mol. The first-order chi connectivity index (χ1) is 5.20. The van der Waals surface area contributed by atoms with Crippen molar-refractivity contribution < 1.29 is 19.3 Å². The second-order valence-corrected chi connectivity index (χ2v) is 2.63. The zero-order valence-electron chi connectivity index (χ0n) is 6.98. The molecule has 0 radical (unpaired) electrons. The lowest BCUT2D eigenvalue weighted by molar-refractivity contribution is -0.133. The number of hydrogen-bond acceptors (Lipinski definition) is 4. The highest BCUT2D eigenvalue weighted by molar-refractivity contribution is 4.85. The van der Waals surface area contributed by atoms with Crippen molar-refractivity contribution in [3.63, 3.8) is 0 Å². The number of aliphatic hydroxyl groups excluding tert-OH is 1. The summed E-state index contributed by atoms with van der Waals surface area (Å²) in [6.07, 6.45) is -1.51. The van der Waals surface area contributed by atoms with E-state index in [1.54, 1.807) is 7.11 Å². The molecule has 0 aromatic heterocycles. The van der Waals surface area contributed by atoms with Crippen LogP contribution in [0.5, 0.6) is 0 Å². The first kappa shape index (κ1) is 8.93. The molecule has 1 fully saturated rings. The summed E-state index contributed by atoms with van der Waals surface area (Å²) in [7, 11) is 3.11. The standard InChI is InChI=1S/C7H14O4/c1-4-5(9-2)6(10-3)7(8)11-4/h4-8H,1-3H3/t4?,5-,6-,7?/m0/s1. The smallest absolute Gasteiger partial charge is 0.184 e. The van der Waals surface area contributed by atoms with Gasteiger partial charge in [-0.1, -0.05) is 0 Å². The van der Waals surface area contributed by atoms with E-state index < -0.39 is 6.29 Å². The molecular weight excluding hydrogens is 148 g/mol. The van der Waals surface area contributed by atoms with E-state index in [2.05, 4.69) is 0 Å². The van der Waals surface area contributed by atoms with Crippen LogP contribution in [0.4, 0.5) is 0 Å². The number of methoxy groups -OCH3 is 2. The Hall–Kier alpha value is -0.160. The summed E-state index contributed by atoms with van der Waals surface area (Å²) < 4.78 is 15.2. The molecule has 1 saturated heterocycles. The Morgan fingerprint density at radius 2 is 1.73 bits per heavy atom. The molecule has 0 amide bonds. The van der Waals surface area contributed by atoms with Gasteiger partial charge in [-0.05, 0) is 6.92 Å². The number of hydrogen-bond donors (Lipinski definition) is 1. The van der Waals surface area contributed by atoms with Gasteiger partial charge in [0, 0.05) is 14.2 Å². The summed E-state index contributed by atoms with van der Waals surface area (Å²) in [5.41, 5.74) is 0. The first-order valence-electron chi connectivity index (χ1n) is 3.59. The predicted octanol–water partition coefficient (Wildman–Crippen LogP) is -0.247. The van der Waals surface area contributed by atoms with E-state index in [4.69, 9.17) is 14.2 Å². The second-order valence-electron chi connectivity index (χ2n) is 2.63. The fourth-order valence-electron chi connectivity index (χ4n) is 1.38. The summed E-state index contributed by atoms with van der Waals surface area (Å²) in [5.74, 6) is 0. The van der Waals surface area contributed by atoms with E-state index >= 15 is 0 Å². The molecule has 1 heterocycles. The molecule has 1 rings (SSSR count). The molecule has 0 aromatic rings. The minimum absolute atomic E-state index is 0.111. The lowest BCUT2D eigenvalue weighted by Crippen LogP contribution is -2.35. The monoisotopic (exact) mass is 162 g/mol. The molecule has 4 atom stereocenters. The maximum Gasteiger partial charge on any atom is 0.184 e. The van der Waals surface area contributed by atoms with Crippen LogP contribution in [0.25, 0.3) is 0 Å². The van der Waals surface area contributed by atoms with Crippen molar-refractivity contribution in [3.8, 4) is 0 Å². The average Bonchev–Trinajstić information content (AvgIpc) is 2.24. The van der Waals surface area contributed by atoms with Crippen molar-refractivity contribution in [1.29, 1.82) is 0 Å². The van der Waals surface area contributed by atoms with Gasteiger partial charge in [0.2, 0.25) is 0 Å². The highest BCUT2D eigenvalue weighted by Crippen LogP contribution is 2.23. The van der Waals surface area contributed by atoms with E-state index in [0.29, 0.717) is 0 Å². The number of rotatable bonds is 2. The first-order valence-corrected chi connectivity index (χ1v) is 3.59. The van der Waals surface area contributed by atoms with Crippen molar-refractivity contribution in [2.75, 3.05) is 14.2 Å². The number of ether oxygens (including phenoxy) is 3. The van der Waals surface area contributed by atoms with Gasteiger partial charge in [-0.15, -0.1) is 0 Å². The molecular formula is C7H14O4.